The SMILES string of the molecule is CCNC(=O)CNC(=O)COc1ccccc1C(N)=S. The lowest BCUT2D eigenvalue weighted by molar-refractivity contribution is -0.127. The minimum atomic E-state index is -0.394. The molecule has 0 atom stereocenters. The van der Waals surface area contributed by atoms with Gasteiger partial charge in [-0.1, -0.05) is 24.4 Å². The summed E-state index contributed by atoms with van der Waals surface area (Å²) in [6, 6.07) is 6.91. The van der Waals surface area contributed by atoms with Crippen LogP contribution in [0.3, 0.4) is 0 Å². The van der Waals surface area contributed by atoms with Crippen LogP contribution in [0, 0.1) is 0 Å². The molecule has 0 unspecified atom stereocenters. The van der Waals surface area contributed by atoms with Gasteiger partial charge in [-0.05, 0) is 19.1 Å². The summed E-state index contributed by atoms with van der Waals surface area (Å²) in [5.41, 5.74) is 6.12. The third kappa shape index (κ3) is 5.23. The lowest BCUT2D eigenvalue weighted by Gasteiger charge is -2.10. The van der Waals surface area contributed by atoms with Crippen LogP contribution in [0.4, 0.5) is 0 Å². The number of thiocarbonyl (C=S) groups is 1. The quantitative estimate of drug-likeness (QED) is 0.613. The molecule has 0 bridgehead atoms. The molecule has 20 heavy (non-hydrogen) atoms. The average Bonchev–Trinajstić information content (AvgIpc) is 2.43. The summed E-state index contributed by atoms with van der Waals surface area (Å²) >= 11 is 4.89. The van der Waals surface area contributed by atoms with Crippen LogP contribution in [-0.4, -0.2) is 36.5 Å². The molecule has 1 aromatic rings. The second-order valence-electron chi connectivity index (χ2n) is 3.88. The maximum atomic E-state index is 11.5. The maximum Gasteiger partial charge on any atom is 0.258 e. The second kappa shape index (κ2) is 8.11. The van der Waals surface area contributed by atoms with E-state index in [1.165, 1.54) is 0 Å². The van der Waals surface area contributed by atoms with Gasteiger partial charge in [-0.2, -0.15) is 0 Å². The van der Waals surface area contributed by atoms with Crippen molar-refractivity contribution in [3.63, 3.8) is 0 Å². The van der Waals surface area contributed by atoms with Gasteiger partial charge < -0.3 is 21.1 Å². The first-order valence-electron chi connectivity index (χ1n) is 6.09. The van der Waals surface area contributed by atoms with Gasteiger partial charge in [-0.3, -0.25) is 9.59 Å². The fourth-order valence-corrected chi connectivity index (χ4v) is 1.60. The molecule has 0 aliphatic rings. The van der Waals surface area contributed by atoms with Gasteiger partial charge in [0.2, 0.25) is 5.91 Å². The van der Waals surface area contributed by atoms with E-state index in [0.717, 1.165) is 0 Å². The summed E-state index contributed by atoms with van der Waals surface area (Å²) in [6.45, 7) is 2.04. The van der Waals surface area contributed by atoms with Crippen molar-refractivity contribution in [3.8, 4) is 5.75 Å². The summed E-state index contributed by atoms with van der Waals surface area (Å²) in [6.07, 6.45) is 0. The number of hydrogen-bond acceptors (Lipinski definition) is 4. The number of ether oxygens (including phenoxy) is 1. The van der Waals surface area contributed by atoms with Crippen molar-refractivity contribution in [2.75, 3.05) is 19.7 Å². The molecule has 2 amide bonds. The molecular formula is C13H17N3O3S. The predicted molar refractivity (Wildman–Crippen MR) is 79.5 cm³/mol. The van der Waals surface area contributed by atoms with Crippen molar-refractivity contribution >= 4 is 29.0 Å². The van der Waals surface area contributed by atoms with E-state index in [4.69, 9.17) is 22.7 Å². The summed E-state index contributed by atoms with van der Waals surface area (Å²) < 4.78 is 5.34. The summed E-state index contributed by atoms with van der Waals surface area (Å²) in [4.78, 5) is 22.9. The summed E-state index contributed by atoms with van der Waals surface area (Å²) in [5, 5.41) is 5.02. The number of carbonyl (C=O) groups excluding carboxylic acids is 2. The minimum absolute atomic E-state index is 0.0764. The van der Waals surface area contributed by atoms with Crippen molar-refractivity contribution in [2.45, 2.75) is 6.92 Å². The van der Waals surface area contributed by atoms with Gasteiger partial charge >= 0.3 is 0 Å². The number of rotatable bonds is 7. The minimum Gasteiger partial charge on any atom is -0.483 e. The smallest absolute Gasteiger partial charge is 0.258 e. The number of carbonyl (C=O) groups is 2. The van der Waals surface area contributed by atoms with Crippen molar-refractivity contribution < 1.29 is 14.3 Å². The summed E-state index contributed by atoms with van der Waals surface area (Å²) in [5.74, 6) is -0.202. The largest absolute Gasteiger partial charge is 0.483 e. The molecule has 0 radical (unpaired) electrons. The molecule has 108 valence electrons. The summed E-state index contributed by atoms with van der Waals surface area (Å²) in [7, 11) is 0. The number of nitrogens with two attached hydrogens (primary N) is 1. The van der Waals surface area contributed by atoms with E-state index < -0.39 is 5.91 Å². The molecule has 0 aliphatic heterocycles. The Kier molecular flexibility index (Phi) is 6.45. The van der Waals surface area contributed by atoms with E-state index in [1.807, 2.05) is 0 Å². The first-order valence-corrected chi connectivity index (χ1v) is 6.50. The Morgan fingerprint density at radius 3 is 2.60 bits per heavy atom. The number of nitrogens with one attached hydrogen (secondary N) is 2. The van der Waals surface area contributed by atoms with Crippen molar-refractivity contribution in [2.24, 2.45) is 5.73 Å². The van der Waals surface area contributed by atoms with Crippen LogP contribution in [0.2, 0.25) is 0 Å². The molecule has 1 aromatic carbocycles. The standard InChI is InChI=1S/C13H17N3O3S/c1-2-15-11(17)7-16-12(18)8-19-10-6-4-3-5-9(10)13(14)20/h3-6H,2,7-8H2,1H3,(H2,14,20)(H,15,17)(H,16,18). The fraction of sp³-hybridized carbons (Fsp3) is 0.308. The highest BCUT2D eigenvalue weighted by Crippen LogP contribution is 2.17. The van der Waals surface area contributed by atoms with E-state index >= 15 is 0 Å². The fourth-order valence-electron chi connectivity index (χ4n) is 1.43. The molecule has 0 heterocycles. The molecule has 0 saturated carbocycles. The highest BCUT2D eigenvalue weighted by atomic mass is 32.1. The maximum absolute atomic E-state index is 11.5. The monoisotopic (exact) mass is 295 g/mol. The molecule has 0 fully saturated rings. The Bertz CT molecular complexity index is 505. The zero-order valence-electron chi connectivity index (χ0n) is 11.1. The molecule has 0 aliphatic carbocycles. The van der Waals surface area contributed by atoms with Crippen LogP contribution in [0.25, 0.3) is 0 Å². The topological polar surface area (TPSA) is 93.5 Å². The van der Waals surface area contributed by atoms with Gasteiger partial charge in [-0.15, -0.1) is 0 Å². The van der Waals surface area contributed by atoms with E-state index in [-0.39, 0.29) is 24.0 Å². The van der Waals surface area contributed by atoms with Crippen LogP contribution in [0.1, 0.15) is 12.5 Å². The Morgan fingerprint density at radius 1 is 1.25 bits per heavy atom. The van der Waals surface area contributed by atoms with Crippen LogP contribution in [0.15, 0.2) is 24.3 Å². The molecule has 4 N–H and O–H groups in total. The Hall–Kier alpha value is -2.15. The lowest BCUT2D eigenvalue weighted by Crippen LogP contribution is -2.38. The van der Waals surface area contributed by atoms with E-state index in [0.29, 0.717) is 17.9 Å². The number of amides is 2. The number of para-hydroxylation sites is 1. The van der Waals surface area contributed by atoms with E-state index in [9.17, 15) is 9.59 Å². The zero-order valence-corrected chi connectivity index (χ0v) is 12.0. The van der Waals surface area contributed by atoms with Gasteiger partial charge in [0.05, 0.1) is 12.1 Å². The Balaban J connectivity index is 2.45. The van der Waals surface area contributed by atoms with E-state index in [2.05, 4.69) is 10.6 Å². The van der Waals surface area contributed by atoms with Crippen molar-refractivity contribution in [1.29, 1.82) is 0 Å². The molecule has 0 aromatic heterocycles. The van der Waals surface area contributed by atoms with Crippen LogP contribution in [0.5, 0.6) is 5.75 Å². The molecular weight excluding hydrogens is 278 g/mol. The number of likely N-dealkylation sites (N-methyl/N-ethyl adjacent to an activating group) is 1. The van der Waals surface area contributed by atoms with Crippen molar-refractivity contribution in [3.05, 3.63) is 29.8 Å². The molecule has 1 rings (SSSR count). The van der Waals surface area contributed by atoms with Crippen LogP contribution >= 0.6 is 12.2 Å². The zero-order chi connectivity index (χ0) is 15.0. The third-order valence-electron chi connectivity index (χ3n) is 2.33. The molecule has 0 spiro atoms. The molecule has 6 nitrogen and oxygen atoms in total. The Labute approximate surface area is 122 Å². The first kappa shape index (κ1) is 15.9. The number of hydrogen-bond donors (Lipinski definition) is 3. The molecule has 0 saturated heterocycles. The van der Waals surface area contributed by atoms with Crippen LogP contribution < -0.4 is 21.1 Å². The molecule has 7 heteroatoms. The van der Waals surface area contributed by atoms with Crippen molar-refractivity contribution in [1.82, 2.24) is 10.6 Å². The normalized spacial score (nSPS) is 9.65. The Morgan fingerprint density at radius 2 is 1.95 bits per heavy atom. The van der Waals surface area contributed by atoms with Gasteiger partial charge in [-0.25, -0.2) is 0 Å². The van der Waals surface area contributed by atoms with Gasteiger partial charge in [0.1, 0.15) is 10.7 Å². The van der Waals surface area contributed by atoms with Gasteiger partial charge in [0, 0.05) is 6.54 Å². The average molecular weight is 295 g/mol. The van der Waals surface area contributed by atoms with E-state index in [1.54, 1.807) is 31.2 Å². The highest BCUT2D eigenvalue weighted by Gasteiger charge is 2.09. The lowest BCUT2D eigenvalue weighted by atomic mass is 10.2. The number of benzene rings is 1. The highest BCUT2D eigenvalue weighted by molar-refractivity contribution is 7.80. The predicted octanol–water partition coefficient (Wildman–Crippen LogP) is -0.0481. The second-order valence-corrected chi connectivity index (χ2v) is 4.32. The third-order valence-corrected chi connectivity index (χ3v) is 2.55. The van der Waals surface area contributed by atoms with Crippen LogP contribution in [-0.2, 0) is 9.59 Å². The first-order chi connectivity index (χ1) is 9.54. The van der Waals surface area contributed by atoms with Gasteiger partial charge in [0.15, 0.2) is 6.61 Å². The van der Waals surface area contributed by atoms with Gasteiger partial charge in [0.25, 0.3) is 5.91 Å².